The highest BCUT2D eigenvalue weighted by Gasteiger charge is 2.17. The molecule has 1 heterocycles. The molecule has 6 heteroatoms. The molecule has 29 heavy (non-hydrogen) atoms. The van der Waals surface area contributed by atoms with Crippen molar-refractivity contribution in [2.75, 3.05) is 26.7 Å². The van der Waals surface area contributed by atoms with Gasteiger partial charge in [-0.3, -0.25) is 9.79 Å². The maximum atomic E-state index is 12.5. The molecule has 0 unspecified atom stereocenters. The van der Waals surface area contributed by atoms with Crippen molar-refractivity contribution in [3.8, 4) is 0 Å². The van der Waals surface area contributed by atoms with Gasteiger partial charge in [-0.15, -0.1) is 24.0 Å². The fraction of sp³-hybridized carbons (Fsp3) is 0.565. The number of nitrogens with one attached hydrogen (secondary N) is 2. The van der Waals surface area contributed by atoms with E-state index in [9.17, 15) is 4.79 Å². The van der Waals surface area contributed by atoms with E-state index < -0.39 is 0 Å². The van der Waals surface area contributed by atoms with Gasteiger partial charge in [-0.25, -0.2) is 0 Å². The van der Waals surface area contributed by atoms with E-state index in [1.807, 2.05) is 29.2 Å². The average molecular weight is 510 g/mol. The number of benzene rings is 1. The molecule has 2 aliphatic rings. The lowest BCUT2D eigenvalue weighted by Gasteiger charge is -2.26. The van der Waals surface area contributed by atoms with E-state index in [-0.39, 0.29) is 29.9 Å². The Hall–Kier alpha value is -1.57. The number of allylic oxidation sites excluding steroid dienone is 1. The summed E-state index contributed by atoms with van der Waals surface area (Å²) in [7, 11) is 1.80. The lowest BCUT2D eigenvalue weighted by atomic mass is 9.97. The standard InChI is InChI=1S/C23H34N4O.HI/c1-24-23(25-15-14-19-8-4-2-5-9-19)26-18-20-10-12-21(13-11-20)22(28)27-16-6-3-7-17-27;/h8,10-13H,2-7,9,14-18H2,1H3,(H2,24,25,26);1H. The van der Waals surface area contributed by atoms with Crippen LogP contribution in [0.2, 0.25) is 0 Å². The largest absolute Gasteiger partial charge is 0.356 e. The third kappa shape index (κ3) is 7.64. The van der Waals surface area contributed by atoms with Crippen LogP contribution in [-0.4, -0.2) is 43.4 Å². The molecule has 0 radical (unpaired) electrons. The number of aliphatic imine (C=N–C) groups is 1. The molecular weight excluding hydrogens is 475 g/mol. The first kappa shape index (κ1) is 23.7. The molecule has 1 aromatic carbocycles. The zero-order chi connectivity index (χ0) is 19.6. The van der Waals surface area contributed by atoms with Gasteiger partial charge in [0.25, 0.3) is 5.91 Å². The summed E-state index contributed by atoms with van der Waals surface area (Å²) >= 11 is 0. The van der Waals surface area contributed by atoms with E-state index in [2.05, 4.69) is 21.7 Å². The van der Waals surface area contributed by atoms with Crippen LogP contribution in [0.5, 0.6) is 0 Å². The lowest BCUT2D eigenvalue weighted by molar-refractivity contribution is 0.0724. The van der Waals surface area contributed by atoms with Gasteiger partial charge in [0.15, 0.2) is 5.96 Å². The Bertz CT molecular complexity index is 693. The molecule has 1 amide bonds. The molecule has 0 spiro atoms. The van der Waals surface area contributed by atoms with Crippen molar-refractivity contribution in [3.63, 3.8) is 0 Å². The zero-order valence-corrected chi connectivity index (χ0v) is 19.9. The number of halogens is 1. The Labute approximate surface area is 192 Å². The Kier molecular flexibility index (Phi) is 10.5. The number of hydrogen-bond acceptors (Lipinski definition) is 2. The highest BCUT2D eigenvalue weighted by atomic mass is 127. The van der Waals surface area contributed by atoms with E-state index >= 15 is 0 Å². The van der Waals surface area contributed by atoms with Crippen molar-refractivity contribution in [2.45, 2.75) is 57.9 Å². The molecule has 3 rings (SSSR count). The summed E-state index contributed by atoms with van der Waals surface area (Å²) in [6, 6.07) is 7.95. The minimum Gasteiger partial charge on any atom is -0.356 e. The maximum Gasteiger partial charge on any atom is 0.253 e. The van der Waals surface area contributed by atoms with Gasteiger partial charge in [-0.05, 0) is 69.1 Å². The average Bonchev–Trinajstić information content (AvgIpc) is 2.77. The van der Waals surface area contributed by atoms with Crippen LogP contribution in [0, 0.1) is 0 Å². The number of guanidine groups is 1. The Balaban J connectivity index is 0.00000300. The summed E-state index contributed by atoms with van der Waals surface area (Å²) in [6.45, 7) is 3.39. The van der Waals surface area contributed by atoms with Crippen molar-refractivity contribution >= 4 is 35.8 Å². The number of carbonyl (C=O) groups excluding carboxylic acids is 1. The molecule has 1 aliphatic heterocycles. The number of likely N-dealkylation sites (tertiary alicyclic amines) is 1. The summed E-state index contributed by atoms with van der Waals surface area (Å²) in [5, 5.41) is 6.76. The summed E-state index contributed by atoms with van der Waals surface area (Å²) in [4.78, 5) is 18.8. The molecule has 160 valence electrons. The smallest absolute Gasteiger partial charge is 0.253 e. The molecule has 0 bridgehead atoms. The second-order valence-corrected chi connectivity index (χ2v) is 7.76. The third-order valence-electron chi connectivity index (χ3n) is 5.65. The van der Waals surface area contributed by atoms with Crippen molar-refractivity contribution in [1.29, 1.82) is 0 Å². The van der Waals surface area contributed by atoms with Gasteiger partial charge in [0, 0.05) is 38.8 Å². The number of piperidine rings is 1. The van der Waals surface area contributed by atoms with E-state index in [0.717, 1.165) is 56.0 Å². The predicted octanol–water partition coefficient (Wildman–Crippen LogP) is 4.49. The molecule has 1 saturated heterocycles. The minimum atomic E-state index is 0. The highest BCUT2D eigenvalue weighted by molar-refractivity contribution is 14.0. The number of nitrogens with zero attached hydrogens (tertiary/aromatic N) is 2. The number of rotatable bonds is 6. The molecule has 0 saturated carbocycles. The van der Waals surface area contributed by atoms with Crippen molar-refractivity contribution in [3.05, 3.63) is 47.0 Å². The predicted molar refractivity (Wildman–Crippen MR) is 131 cm³/mol. The van der Waals surface area contributed by atoms with Gasteiger partial charge in [-0.1, -0.05) is 23.8 Å². The molecule has 0 atom stereocenters. The van der Waals surface area contributed by atoms with Gasteiger partial charge in [-0.2, -0.15) is 0 Å². The van der Waals surface area contributed by atoms with Gasteiger partial charge in [0.2, 0.25) is 0 Å². The molecule has 0 aromatic heterocycles. The van der Waals surface area contributed by atoms with Crippen LogP contribution in [0.3, 0.4) is 0 Å². The topological polar surface area (TPSA) is 56.7 Å². The SMILES string of the molecule is CN=C(NCCC1=CCCCC1)NCc1ccc(C(=O)N2CCCCC2)cc1.I. The van der Waals surface area contributed by atoms with Crippen LogP contribution in [0.1, 0.15) is 67.3 Å². The number of hydrogen-bond donors (Lipinski definition) is 2. The maximum absolute atomic E-state index is 12.5. The molecular formula is C23H35IN4O. The van der Waals surface area contributed by atoms with Crippen LogP contribution in [-0.2, 0) is 6.54 Å². The van der Waals surface area contributed by atoms with Crippen LogP contribution < -0.4 is 10.6 Å². The van der Waals surface area contributed by atoms with Crippen molar-refractivity contribution < 1.29 is 4.79 Å². The first-order valence-corrected chi connectivity index (χ1v) is 10.8. The van der Waals surface area contributed by atoms with E-state index in [1.165, 1.54) is 32.1 Å². The van der Waals surface area contributed by atoms with E-state index in [1.54, 1.807) is 12.6 Å². The van der Waals surface area contributed by atoms with Crippen LogP contribution >= 0.6 is 24.0 Å². The molecule has 1 fully saturated rings. The van der Waals surface area contributed by atoms with Crippen LogP contribution in [0.25, 0.3) is 0 Å². The zero-order valence-electron chi connectivity index (χ0n) is 17.6. The molecule has 5 nitrogen and oxygen atoms in total. The monoisotopic (exact) mass is 510 g/mol. The Morgan fingerprint density at radius 3 is 2.45 bits per heavy atom. The molecule has 1 aromatic rings. The number of carbonyl (C=O) groups is 1. The van der Waals surface area contributed by atoms with E-state index in [0.29, 0.717) is 6.54 Å². The van der Waals surface area contributed by atoms with E-state index in [4.69, 9.17) is 0 Å². The Morgan fingerprint density at radius 2 is 1.79 bits per heavy atom. The van der Waals surface area contributed by atoms with Crippen molar-refractivity contribution in [2.24, 2.45) is 4.99 Å². The summed E-state index contributed by atoms with van der Waals surface area (Å²) in [5.74, 6) is 0.985. The van der Waals surface area contributed by atoms with Crippen LogP contribution in [0.15, 0.2) is 40.9 Å². The minimum absolute atomic E-state index is 0. The first-order chi connectivity index (χ1) is 13.8. The fourth-order valence-corrected chi connectivity index (χ4v) is 3.92. The second-order valence-electron chi connectivity index (χ2n) is 7.76. The highest BCUT2D eigenvalue weighted by Crippen LogP contribution is 2.19. The normalized spacial score (nSPS) is 17.2. The lowest BCUT2D eigenvalue weighted by Crippen LogP contribution is -2.37. The molecule has 2 N–H and O–H groups in total. The number of amides is 1. The summed E-state index contributed by atoms with van der Waals surface area (Å²) < 4.78 is 0. The van der Waals surface area contributed by atoms with Gasteiger partial charge >= 0.3 is 0 Å². The second kappa shape index (κ2) is 12.9. The quantitative estimate of drug-likeness (QED) is 0.257. The van der Waals surface area contributed by atoms with Crippen LogP contribution in [0.4, 0.5) is 0 Å². The summed E-state index contributed by atoms with van der Waals surface area (Å²) in [6.07, 6.45) is 12.1. The van der Waals surface area contributed by atoms with Gasteiger partial charge < -0.3 is 15.5 Å². The van der Waals surface area contributed by atoms with Gasteiger partial charge in [0.1, 0.15) is 0 Å². The first-order valence-electron chi connectivity index (χ1n) is 10.8. The molecule has 1 aliphatic carbocycles. The van der Waals surface area contributed by atoms with Gasteiger partial charge in [0.05, 0.1) is 0 Å². The van der Waals surface area contributed by atoms with Crippen molar-refractivity contribution in [1.82, 2.24) is 15.5 Å². The third-order valence-corrected chi connectivity index (χ3v) is 5.65. The Morgan fingerprint density at radius 1 is 1.03 bits per heavy atom. The fourth-order valence-electron chi connectivity index (χ4n) is 3.92. The summed E-state index contributed by atoms with van der Waals surface area (Å²) in [5.41, 5.74) is 3.50.